The lowest BCUT2D eigenvalue weighted by atomic mass is 10.2. The van der Waals surface area contributed by atoms with Gasteiger partial charge in [0.15, 0.2) is 0 Å². The van der Waals surface area contributed by atoms with E-state index < -0.39 is 0 Å². The van der Waals surface area contributed by atoms with Crippen LogP contribution in [0.4, 0.5) is 11.5 Å². The Kier molecular flexibility index (Phi) is 5.87. The van der Waals surface area contributed by atoms with Crippen LogP contribution in [0.25, 0.3) is 0 Å². The average molecular weight is 366 g/mol. The third-order valence-electron chi connectivity index (χ3n) is 4.05. The van der Waals surface area contributed by atoms with Crippen molar-refractivity contribution in [2.45, 2.75) is 13.5 Å². The molecule has 0 unspecified atom stereocenters. The highest BCUT2D eigenvalue weighted by Gasteiger charge is 2.11. The molecule has 3 rings (SSSR count). The maximum Gasteiger partial charge on any atom is 0.257 e. The van der Waals surface area contributed by atoms with Gasteiger partial charge in [0.25, 0.3) is 5.91 Å². The Balaban J connectivity index is 1.69. The van der Waals surface area contributed by atoms with Crippen molar-refractivity contribution in [3.05, 3.63) is 89.1 Å². The van der Waals surface area contributed by atoms with E-state index in [1.54, 1.807) is 30.5 Å². The van der Waals surface area contributed by atoms with E-state index in [4.69, 9.17) is 11.6 Å². The van der Waals surface area contributed by atoms with Crippen LogP contribution in [0.2, 0.25) is 5.02 Å². The highest BCUT2D eigenvalue weighted by Crippen LogP contribution is 2.19. The number of pyridine rings is 1. The molecule has 0 aliphatic carbocycles. The maximum atomic E-state index is 12.3. The van der Waals surface area contributed by atoms with Crippen molar-refractivity contribution in [2.75, 3.05) is 16.8 Å². The molecule has 0 saturated heterocycles. The summed E-state index contributed by atoms with van der Waals surface area (Å²) in [6, 6.07) is 21.0. The minimum Gasteiger partial charge on any atom is -0.353 e. The minimum absolute atomic E-state index is 0.248. The molecule has 0 fully saturated rings. The predicted octanol–water partition coefficient (Wildman–Crippen LogP) is 5.01. The van der Waals surface area contributed by atoms with Crippen LogP contribution in [0, 0.1) is 0 Å². The Morgan fingerprint density at radius 1 is 1.04 bits per heavy atom. The first kappa shape index (κ1) is 18.0. The molecule has 26 heavy (non-hydrogen) atoms. The van der Waals surface area contributed by atoms with Gasteiger partial charge in [0.2, 0.25) is 0 Å². The summed E-state index contributed by atoms with van der Waals surface area (Å²) in [7, 11) is 0. The first-order chi connectivity index (χ1) is 12.7. The van der Waals surface area contributed by atoms with Gasteiger partial charge in [0.05, 0.1) is 22.5 Å². The second-order valence-corrected chi connectivity index (χ2v) is 6.25. The fourth-order valence-corrected chi connectivity index (χ4v) is 2.87. The molecule has 0 atom stereocenters. The molecular weight excluding hydrogens is 346 g/mol. The van der Waals surface area contributed by atoms with Crippen molar-refractivity contribution < 1.29 is 4.79 Å². The Morgan fingerprint density at radius 3 is 2.42 bits per heavy atom. The van der Waals surface area contributed by atoms with Crippen LogP contribution < -0.4 is 10.2 Å². The summed E-state index contributed by atoms with van der Waals surface area (Å²) in [5.74, 6) is 0.619. The van der Waals surface area contributed by atoms with E-state index in [0.717, 1.165) is 18.9 Å². The van der Waals surface area contributed by atoms with Crippen molar-refractivity contribution in [3.63, 3.8) is 0 Å². The van der Waals surface area contributed by atoms with Crippen molar-refractivity contribution >= 4 is 29.0 Å². The van der Waals surface area contributed by atoms with Gasteiger partial charge in [0.1, 0.15) is 5.82 Å². The van der Waals surface area contributed by atoms with E-state index >= 15 is 0 Å². The van der Waals surface area contributed by atoms with E-state index in [2.05, 4.69) is 34.3 Å². The first-order valence-electron chi connectivity index (χ1n) is 8.48. The molecule has 0 bridgehead atoms. The largest absolute Gasteiger partial charge is 0.353 e. The molecule has 0 radical (unpaired) electrons. The number of aromatic nitrogens is 1. The molecule has 132 valence electrons. The molecule has 0 aliphatic rings. The van der Waals surface area contributed by atoms with E-state index in [9.17, 15) is 4.79 Å². The molecule has 1 N–H and O–H groups in total. The Bertz CT molecular complexity index is 866. The summed E-state index contributed by atoms with van der Waals surface area (Å²) in [5.41, 5.74) is 2.30. The lowest BCUT2D eigenvalue weighted by Crippen LogP contribution is -2.23. The summed E-state index contributed by atoms with van der Waals surface area (Å²) in [5, 5.41) is 3.25. The number of carbonyl (C=O) groups excluding carboxylic acids is 1. The molecule has 1 heterocycles. The van der Waals surface area contributed by atoms with Gasteiger partial charge in [-0.1, -0.05) is 54.1 Å². The smallest absolute Gasteiger partial charge is 0.257 e. The molecule has 1 aromatic heterocycles. The number of rotatable bonds is 6. The molecule has 5 heteroatoms. The number of nitrogens with one attached hydrogen (secondary N) is 1. The Labute approximate surface area is 158 Å². The van der Waals surface area contributed by atoms with Crippen LogP contribution in [-0.2, 0) is 6.54 Å². The van der Waals surface area contributed by atoms with Crippen LogP contribution >= 0.6 is 11.6 Å². The van der Waals surface area contributed by atoms with E-state index in [1.807, 2.05) is 30.3 Å². The van der Waals surface area contributed by atoms with Crippen molar-refractivity contribution in [2.24, 2.45) is 0 Å². The first-order valence-corrected chi connectivity index (χ1v) is 8.86. The zero-order valence-electron chi connectivity index (χ0n) is 14.5. The fraction of sp³-hybridized carbons (Fsp3) is 0.143. The SMILES string of the molecule is CCN(Cc1ccccc1)c1ccc(NC(=O)c2ccccc2Cl)cn1. The molecule has 2 aromatic carbocycles. The predicted molar refractivity (Wildman–Crippen MR) is 107 cm³/mol. The molecule has 1 amide bonds. The zero-order chi connectivity index (χ0) is 18.4. The number of anilines is 2. The van der Waals surface area contributed by atoms with Gasteiger partial charge in [-0.3, -0.25) is 4.79 Å². The summed E-state index contributed by atoms with van der Waals surface area (Å²) in [4.78, 5) is 19.0. The summed E-state index contributed by atoms with van der Waals surface area (Å²) in [6.45, 7) is 3.72. The van der Waals surface area contributed by atoms with Gasteiger partial charge < -0.3 is 10.2 Å². The Morgan fingerprint density at radius 2 is 1.77 bits per heavy atom. The highest BCUT2D eigenvalue weighted by molar-refractivity contribution is 6.34. The third-order valence-corrected chi connectivity index (χ3v) is 4.38. The van der Waals surface area contributed by atoms with Crippen LogP contribution in [0.3, 0.4) is 0 Å². The van der Waals surface area contributed by atoms with Gasteiger partial charge >= 0.3 is 0 Å². The minimum atomic E-state index is -0.248. The van der Waals surface area contributed by atoms with Crippen LogP contribution in [0.1, 0.15) is 22.8 Å². The molecule has 0 saturated carbocycles. The van der Waals surface area contributed by atoms with Gasteiger partial charge in [-0.2, -0.15) is 0 Å². The molecule has 0 spiro atoms. The number of carbonyl (C=O) groups is 1. The quantitative estimate of drug-likeness (QED) is 0.667. The molecule has 0 aliphatic heterocycles. The summed E-state index contributed by atoms with van der Waals surface area (Å²) in [6.07, 6.45) is 1.66. The second kappa shape index (κ2) is 8.50. The van der Waals surface area contributed by atoms with Crippen molar-refractivity contribution in [1.29, 1.82) is 0 Å². The van der Waals surface area contributed by atoms with E-state index in [1.165, 1.54) is 5.56 Å². The van der Waals surface area contributed by atoms with Gasteiger partial charge in [0, 0.05) is 13.1 Å². The van der Waals surface area contributed by atoms with E-state index in [0.29, 0.717) is 16.3 Å². The highest BCUT2D eigenvalue weighted by atomic mass is 35.5. The average Bonchev–Trinajstić information content (AvgIpc) is 2.68. The summed E-state index contributed by atoms with van der Waals surface area (Å²) < 4.78 is 0. The van der Waals surface area contributed by atoms with Crippen molar-refractivity contribution in [3.8, 4) is 0 Å². The second-order valence-electron chi connectivity index (χ2n) is 5.84. The number of amides is 1. The Hall–Kier alpha value is -2.85. The van der Waals surface area contributed by atoms with E-state index in [-0.39, 0.29) is 5.91 Å². The fourth-order valence-electron chi connectivity index (χ4n) is 2.65. The maximum absolute atomic E-state index is 12.3. The van der Waals surface area contributed by atoms with Crippen LogP contribution in [-0.4, -0.2) is 17.4 Å². The van der Waals surface area contributed by atoms with Crippen LogP contribution in [0.5, 0.6) is 0 Å². The third kappa shape index (κ3) is 4.41. The summed E-state index contributed by atoms with van der Waals surface area (Å²) >= 11 is 6.06. The number of hydrogen-bond donors (Lipinski definition) is 1. The molecule has 3 aromatic rings. The monoisotopic (exact) mass is 365 g/mol. The number of benzene rings is 2. The van der Waals surface area contributed by atoms with Crippen LogP contribution in [0.15, 0.2) is 72.9 Å². The van der Waals surface area contributed by atoms with Gasteiger partial charge in [-0.05, 0) is 36.8 Å². The molecular formula is C21H20ClN3O. The number of halogens is 1. The standard InChI is InChI=1S/C21H20ClN3O/c1-2-25(15-16-8-4-3-5-9-16)20-13-12-17(14-23-20)24-21(26)18-10-6-7-11-19(18)22/h3-14H,2,15H2,1H3,(H,24,26). The van der Waals surface area contributed by atoms with Gasteiger partial charge in [-0.15, -0.1) is 0 Å². The lowest BCUT2D eigenvalue weighted by molar-refractivity contribution is 0.102. The lowest BCUT2D eigenvalue weighted by Gasteiger charge is -2.22. The zero-order valence-corrected chi connectivity index (χ0v) is 15.3. The van der Waals surface area contributed by atoms with Crippen molar-refractivity contribution in [1.82, 2.24) is 4.98 Å². The molecule has 4 nitrogen and oxygen atoms in total. The normalized spacial score (nSPS) is 10.4. The van der Waals surface area contributed by atoms with Gasteiger partial charge in [-0.25, -0.2) is 4.98 Å². The number of nitrogens with zero attached hydrogens (tertiary/aromatic N) is 2. The topological polar surface area (TPSA) is 45.2 Å². The number of hydrogen-bond acceptors (Lipinski definition) is 3.